The highest BCUT2D eigenvalue weighted by molar-refractivity contribution is 7.12. The molecule has 5 heteroatoms. The smallest absolute Gasteiger partial charge is 0.348 e. The van der Waals surface area contributed by atoms with E-state index < -0.39 is 5.97 Å². The predicted molar refractivity (Wildman–Crippen MR) is 63.5 cm³/mol. The van der Waals surface area contributed by atoms with Gasteiger partial charge in [0.05, 0.1) is 7.11 Å². The highest BCUT2D eigenvalue weighted by Gasteiger charge is 2.20. The third-order valence-corrected chi connectivity index (χ3v) is 3.41. The van der Waals surface area contributed by atoms with Crippen molar-refractivity contribution in [1.82, 2.24) is 0 Å². The zero-order valence-electron chi connectivity index (χ0n) is 9.35. The molecule has 0 amide bonds. The zero-order valence-corrected chi connectivity index (χ0v) is 10.2. The Bertz CT molecular complexity index is 565. The maximum Gasteiger partial charge on any atom is 0.348 e. The summed E-state index contributed by atoms with van der Waals surface area (Å²) >= 11 is 1.30. The van der Waals surface area contributed by atoms with Crippen molar-refractivity contribution in [2.75, 3.05) is 7.11 Å². The summed E-state index contributed by atoms with van der Waals surface area (Å²) in [6.07, 6.45) is 0.628. The molecule has 0 aliphatic heterocycles. The molecule has 0 saturated heterocycles. The summed E-state index contributed by atoms with van der Waals surface area (Å²) < 4.78 is 10.0. The first-order valence-electron chi connectivity index (χ1n) is 4.89. The van der Waals surface area contributed by atoms with Crippen LogP contribution in [0.1, 0.15) is 25.8 Å². The van der Waals surface area contributed by atoms with E-state index in [1.54, 1.807) is 12.1 Å². The molecule has 0 fully saturated rings. The maximum atomic E-state index is 11.6. The molecule has 17 heavy (non-hydrogen) atoms. The van der Waals surface area contributed by atoms with Gasteiger partial charge in [-0.25, -0.2) is 4.79 Å². The van der Waals surface area contributed by atoms with Crippen molar-refractivity contribution in [3.63, 3.8) is 0 Å². The van der Waals surface area contributed by atoms with Crippen molar-refractivity contribution in [3.05, 3.63) is 33.7 Å². The summed E-state index contributed by atoms with van der Waals surface area (Å²) in [5, 5.41) is 1.85. The second-order valence-electron chi connectivity index (χ2n) is 3.43. The van der Waals surface area contributed by atoms with E-state index in [0.717, 1.165) is 5.56 Å². The number of thiophene rings is 1. The van der Waals surface area contributed by atoms with Gasteiger partial charge in [0, 0.05) is 5.56 Å². The molecule has 0 radical (unpaired) electrons. The summed E-state index contributed by atoms with van der Waals surface area (Å²) in [7, 11) is 1.33. The lowest BCUT2D eigenvalue weighted by atomic mass is 10.1. The van der Waals surface area contributed by atoms with Crippen LogP contribution in [-0.2, 0) is 4.74 Å². The van der Waals surface area contributed by atoms with E-state index in [9.17, 15) is 9.59 Å². The van der Waals surface area contributed by atoms with Crippen LogP contribution in [-0.4, -0.2) is 19.4 Å². The van der Waals surface area contributed by atoms with E-state index in [1.165, 1.54) is 18.4 Å². The molecule has 0 aliphatic carbocycles. The van der Waals surface area contributed by atoms with Gasteiger partial charge in [0.25, 0.3) is 0 Å². The number of hydrogen-bond acceptors (Lipinski definition) is 5. The van der Waals surface area contributed by atoms with Gasteiger partial charge in [-0.05, 0) is 30.0 Å². The molecule has 0 aromatic carbocycles. The van der Waals surface area contributed by atoms with Gasteiger partial charge in [-0.15, -0.1) is 11.3 Å². The Kier molecular flexibility index (Phi) is 3.10. The average molecular weight is 250 g/mol. The molecule has 2 aromatic heterocycles. The summed E-state index contributed by atoms with van der Waals surface area (Å²) in [5.74, 6) is 0.342. The second-order valence-corrected chi connectivity index (χ2v) is 4.31. The quantitative estimate of drug-likeness (QED) is 0.620. The SMILES string of the molecule is COC(=O)c1scc(C)c1-c1ccc(C=O)o1. The molecule has 2 rings (SSSR count). The van der Waals surface area contributed by atoms with Crippen LogP contribution in [0.25, 0.3) is 11.3 Å². The number of methoxy groups -OCH3 is 1. The summed E-state index contributed by atoms with van der Waals surface area (Å²) in [5.41, 5.74) is 1.61. The van der Waals surface area contributed by atoms with Crippen molar-refractivity contribution >= 4 is 23.6 Å². The van der Waals surface area contributed by atoms with Gasteiger partial charge in [0.2, 0.25) is 0 Å². The fourth-order valence-corrected chi connectivity index (χ4v) is 2.52. The van der Waals surface area contributed by atoms with Gasteiger partial charge in [-0.2, -0.15) is 0 Å². The molecule has 2 heterocycles. The molecule has 0 atom stereocenters. The molecule has 88 valence electrons. The number of carbonyl (C=O) groups is 2. The third-order valence-electron chi connectivity index (χ3n) is 2.34. The molecule has 0 unspecified atom stereocenters. The minimum absolute atomic E-state index is 0.237. The lowest BCUT2D eigenvalue weighted by Gasteiger charge is -2.00. The summed E-state index contributed by atoms with van der Waals surface area (Å²) in [6.45, 7) is 1.88. The van der Waals surface area contributed by atoms with Crippen LogP contribution in [0.15, 0.2) is 21.9 Å². The normalized spacial score (nSPS) is 10.2. The topological polar surface area (TPSA) is 56.5 Å². The number of rotatable bonds is 3. The second kappa shape index (κ2) is 4.55. The number of aryl methyl sites for hydroxylation is 1. The largest absolute Gasteiger partial charge is 0.465 e. The number of carbonyl (C=O) groups excluding carboxylic acids is 2. The Labute approximate surface area is 102 Å². The Morgan fingerprint density at radius 2 is 2.24 bits per heavy atom. The van der Waals surface area contributed by atoms with Gasteiger partial charge in [-0.1, -0.05) is 0 Å². The van der Waals surface area contributed by atoms with Gasteiger partial charge in [0.15, 0.2) is 12.0 Å². The van der Waals surface area contributed by atoms with E-state index in [2.05, 4.69) is 0 Å². The van der Waals surface area contributed by atoms with E-state index in [0.29, 0.717) is 22.5 Å². The molecule has 4 nitrogen and oxygen atoms in total. The van der Waals surface area contributed by atoms with Gasteiger partial charge in [0.1, 0.15) is 10.6 Å². The first kappa shape index (κ1) is 11.6. The lowest BCUT2D eigenvalue weighted by Crippen LogP contribution is -2.00. The maximum absolute atomic E-state index is 11.6. The van der Waals surface area contributed by atoms with Crippen LogP contribution >= 0.6 is 11.3 Å². The summed E-state index contributed by atoms with van der Waals surface area (Å²) in [6, 6.07) is 3.24. The lowest BCUT2D eigenvalue weighted by molar-refractivity contribution is 0.0607. The van der Waals surface area contributed by atoms with Crippen molar-refractivity contribution < 1.29 is 18.7 Å². The minimum Gasteiger partial charge on any atom is -0.465 e. The fourth-order valence-electron chi connectivity index (χ4n) is 1.54. The predicted octanol–water partition coefficient (Wildman–Crippen LogP) is 2.92. The molecule has 0 saturated carbocycles. The van der Waals surface area contributed by atoms with E-state index >= 15 is 0 Å². The van der Waals surface area contributed by atoms with Crippen molar-refractivity contribution in [3.8, 4) is 11.3 Å². The molecular weight excluding hydrogens is 240 g/mol. The highest BCUT2D eigenvalue weighted by atomic mass is 32.1. The van der Waals surface area contributed by atoms with Crippen LogP contribution < -0.4 is 0 Å². The number of esters is 1. The van der Waals surface area contributed by atoms with Gasteiger partial charge >= 0.3 is 5.97 Å². The highest BCUT2D eigenvalue weighted by Crippen LogP contribution is 2.33. The summed E-state index contributed by atoms with van der Waals surface area (Å²) in [4.78, 5) is 22.6. The Morgan fingerprint density at radius 3 is 2.82 bits per heavy atom. The van der Waals surface area contributed by atoms with Crippen LogP contribution in [0.2, 0.25) is 0 Å². The first-order valence-corrected chi connectivity index (χ1v) is 5.77. The third kappa shape index (κ3) is 2.01. The van der Waals surface area contributed by atoms with E-state index in [1.807, 2.05) is 12.3 Å². The van der Waals surface area contributed by atoms with Crippen LogP contribution in [0.3, 0.4) is 0 Å². The van der Waals surface area contributed by atoms with E-state index in [4.69, 9.17) is 9.15 Å². The van der Waals surface area contributed by atoms with Crippen molar-refractivity contribution in [2.45, 2.75) is 6.92 Å². The number of aldehydes is 1. The first-order chi connectivity index (χ1) is 8.17. The molecule has 0 aliphatic rings. The van der Waals surface area contributed by atoms with E-state index in [-0.39, 0.29) is 5.76 Å². The van der Waals surface area contributed by atoms with Gasteiger partial charge in [-0.3, -0.25) is 4.79 Å². The molecule has 0 bridgehead atoms. The molecule has 0 spiro atoms. The fraction of sp³-hybridized carbons (Fsp3) is 0.167. The Morgan fingerprint density at radius 1 is 1.47 bits per heavy atom. The molecule has 2 aromatic rings. The van der Waals surface area contributed by atoms with Gasteiger partial charge < -0.3 is 9.15 Å². The Hall–Kier alpha value is -1.88. The van der Waals surface area contributed by atoms with Crippen LogP contribution in [0.4, 0.5) is 0 Å². The average Bonchev–Trinajstić information content (AvgIpc) is 2.93. The number of ether oxygens (including phenoxy) is 1. The van der Waals surface area contributed by atoms with Crippen molar-refractivity contribution in [2.24, 2.45) is 0 Å². The minimum atomic E-state index is -0.401. The monoisotopic (exact) mass is 250 g/mol. The molecular formula is C12H10O4S. The van der Waals surface area contributed by atoms with Crippen LogP contribution in [0.5, 0.6) is 0 Å². The standard InChI is InChI=1S/C12H10O4S/c1-7-6-17-11(12(14)15-2)10(7)9-4-3-8(5-13)16-9/h3-6H,1-2H3. The Balaban J connectivity index is 2.53. The van der Waals surface area contributed by atoms with Crippen molar-refractivity contribution in [1.29, 1.82) is 0 Å². The van der Waals surface area contributed by atoms with Crippen LogP contribution in [0, 0.1) is 6.92 Å². The zero-order chi connectivity index (χ0) is 12.4. The number of hydrogen-bond donors (Lipinski definition) is 0. The number of furan rings is 1. The molecule has 0 N–H and O–H groups in total.